The van der Waals surface area contributed by atoms with Crippen LogP contribution in [0.5, 0.6) is 0 Å². The van der Waals surface area contributed by atoms with Gasteiger partial charge in [0.25, 0.3) is 0 Å². The minimum atomic E-state index is -0.877. The minimum Gasteiger partial charge on any atom is -0.481 e. The van der Waals surface area contributed by atoms with Crippen molar-refractivity contribution in [2.24, 2.45) is 18.9 Å². The summed E-state index contributed by atoms with van der Waals surface area (Å²) in [5.74, 6) is -0.406. The van der Waals surface area contributed by atoms with E-state index in [4.69, 9.17) is 5.11 Å². The first-order valence-corrected chi connectivity index (χ1v) is 10.2. The molecule has 1 aromatic carbocycles. The number of carbonyl (C=O) groups is 2. The summed E-state index contributed by atoms with van der Waals surface area (Å²) < 4.78 is 1.87. The summed E-state index contributed by atoms with van der Waals surface area (Å²) in [6.07, 6.45) is 8.94. The number of fused-ring (bicyclic) bond motifs is 1. The van der Waals surface area contributed by atoms with Gasteiger partial charge in [-0.2, -0.15) is 0 Å². The van der Waals surface area contributed by atoms with Gasteiger partial charge in [0.1, 0.15) is 17.7 Å². The molecule has 1 saturated carbocycles. The SMILES string of the molecule is C=C1CC(=O)[C@H](C/C=C\CCCC(=O)O)[C@H]1/C=C/[C@@H](O)c1nc2ccccc2n1C. The van der Waals surface area contributed by atoms with Gasteiger partial charge in [-0.15, -0.1) is 0 Å². The Labute approximate surface area is 176 Å². The van der Waals surface area contributed by atoms with Crippen molar-refractivity contribution in [1.29, 1.82) is 0 Å². The van der Waals surface area contributed by atoms with Crippen LogP contribution in [0.25, 0.3) is 11.0 Å². The molecule has 0 spiro atoms. The number of unbranched alkanes of at least 4 members (excludes halogenated alkanes) is 1. The number of carboxylic acid groups (broad SMARTS) is 1. The van der Waals surface area contributed by atoms with Gasteiger partial charge in [0.05, 0.1) is 11.0 Å². The fourth-order valence-corrected chi connectivity index (χ4v) is 3.98. The third kappa shape index (κ3) is 4.94. The predicted octanol–water partition coefficient (Wildman–Crippen LogP) is 4.13. The van der Waals surface area contributed by atoms with E-state index in [1.807, 2.05) is 54.1 Å². The number of hydrogen-bond donors (Lipinski definition) is 2. The number of carboxylic acids is 1. The number of para-hydroxylation sites is 2. The molecular weight excluding hydrogens is 380 g/mol. The third-order valence-electron chi connectivity index (χ3n) is 5.62. The second kappa shape index (κ2) is 9.67. The van der Waals surface area contributed by atoms with Gasteiger partial charge in [-0.25, -0.2) is 4.98 Å². The fraction of sp³-hybridized carbons (Fsp3) is 0.375. The molecule has 1 aliphatic carbocycles. The van der Waals surface area contributed by atoms with Gasteiger partial charge >= 0.3 is 5.97 Å². The number of Topliss-reactive ketones (excluding diaryl/α,β-unsaturated/α-hetero) is 1. The maximum Gasteiger partial charge on any atom is 0.303 e. The van der Waals surface area contributed by atoms with Crippen LogP contribution in [0.1, 0.15) is 44.0 Å². The summed E-state index contributed by atoms with van der Waals surface area (Å²) in [4.78, 5) is 27.5. The number of aryl methyl sites for hydroxylation is 1. The summed E-state index contributed by atoms with van der Waals surface area (Å²) in [5, 5.41) is 19.3. The number of hydrogen-bond acceptors (Lipinski definition) is 4. The lowest BCUT2D eigenvalue weighted by Crippen LogP contribution is -2.13. The predicted molar refractivity (Wildman–Crippen MR) is 116 cm³/mol. The standard InChI is InChI=1S/C24H28N2O4/c1-16-15-22(28)18(9-5-3-4-6-12-23(29)30)17(16)13-14-21(27)24-25-19-10-7-8-11-20(19)26(24)2/h3,5,7-8,10-11,13-14,17-18,21,27H,1,4,6,9,12,15H2,2H3,(H,29,30)/b5-3-,14-13+/t17-,18+,21+/m0/s1. The molecule has 2 aromatic rings. The third-order valence-corrected chi connectivity index (χ3v) is 5.62. The van der Waals surface area contributed by atoms with Crippen LogP contribution >= 0.6 is 0 Å². The van der Waals surface area contributed by atoms with E-state index in [1.54, 1.807) is 6.08 Å². The van der Waals surface area contributed by atoms with Crippen LogP contribution in [0.2, 0.25) is 0 Å². The Bertz CT molecular complexity index is 1000. The zero-order valence-electron chi connectivity index (χ0n) is 17.2. The van der Waals surface area contributed by atoms with Crippen molar-refractivity contribution >= 4 is 22.8 Å². The van der Waals surface area contributed by atoms with Crippen molar-refractivity contribution in [1.82, 2.24) is 9.55 Å². The number of aliphatic hydroxyl groups is 1. The Morgan fingerprint density at radius 3 is 2.87 bits per heavy atom. The Balaban J connectivity index is 1.66. The Morgan fingerprint density at radius 2 is 2.13 bits per heavy atom. The lowest BCUT2D eigenvalue weighted by Gasteiger charge is -2.15. The summed E-state index contributed by atoms with van der Waals surface area (Å²) in [5.41, 5.74) is 2.64. The van der Waals surface area contributed by atoms with Crippen LogP contribution in [0.4, 0.5) is 0 Å². The first-order chi connectivity index (χ1) is 14.4. The topological polar surface area (TPSA) is 92.4 Å². The number of carbonyl (C=O) groups excluding carboxylic acids is 1. The van der Waals surface area contributed by atoms with E-state index in [-0.39, 0.29) is 24.0 Å². The van der Waals surface area contributed by atoms with E-state index in [2.05, 4.69) is 11.6 Å². The second-order valence-electron chi connectivity index (χ2n) is 7.77. The van der Waals surface area contributed by atoms with E-state index >= 15 is 0 Å². The van der Waals surface area contributed by atoms with E-state index in [1.165, 1.54) is 0 Å². The zero-order valence-corrected chi connectivity index (χ0v) is 17.2. The van der Waals surface area contributed by atoms with Gasteiger partial charge < -0.3 is 14.8 Å². The molecule has 1 aliphatic rings. The smallest absolute Gasteiger partial charge is 0.303 e. The molecule has 0 radical (unpaired) electrons. The summed E-state index contributed by atoms with van der Waals surface area (Å²) in [6, 6.07) is 7.71. The number of aromatic nitrogens is 2. The molecule has 0 aliphatic heterocycles. The van der Waals surface area contributed by atoms with Gasteiger partial charge in [-0.05, 0) is 31.4 Å². The quantitative estimate of drug-likeness (QED) is 0.481. The molecule has 1 aromatic heterocycles. The van der Waals surface area contributed by atoms with Crippen LogP contribution in [-0.2, 0) is 16.6 Å². The minimum absolute atomic E-state index is 0.120. The average Bonchev–Trinajstić information content (AvgIpc) is 3.18. The van der Waals surface area contributed by atoms with E-state index in [0.717, 1.165) is 16.6 Å². The Kier molecular flexibility index (Phi) is 7.00. The van der Waals surface area contributed by atoms with Crippen molar-refractivity contribution in [2.45, 2.75) is 38.2 Å². The number of rotatable bonds is 9. The van der Waals surface area contributed by atoms with Gasteiger partial charge in [0.15, 0.2) is 0 Å². The number of aliphatic hydroxyl groups excluding tert-OH is 1. The van der Waals surface area contributed by atoms with Gasteiger partial charge in [0, 0.05) is 31.7 Å². The number of imidazole rings is 1. The summed E-state index contributed by atoms with van der Waals surface area (Å²) in [6.45, 7) is 4.05. The number of nitrogens with zero attached hydrogens (tertiary/aromatic N) is 2. The molecule has 6 heteroatoms. The van der Waals surface area contributed by atoms with Gasteiger partial charge in [0.2, 0.25) is 0 Å². The van der Waals surface area contributed by atoms with Gasteiger partial charge in [-0.1, -0.05) is 48.6 Å². The maximum atomic E-state index is 12.4. The largest absolute Gasteiger partial charge is 0.481 e. The average molecular weight is 408 g/mol. The van der Waals surface area contributed by atoms with Crippen molar-refractivity contribution in [2.75, 3.05) is 0 Å². The highest BCUT2D eigenvalue weighted by molar-refractivity contribution is 5.88. The Hall–Kier alpha value is -2.99. The molecule has 1 fully saturated rings. The first-order valence-electron chi connectivity index (χ1n) is 10.2. The van der Waals surface area contributed by atoms with E-state index in [9.17, 15) is 14.7 Å². The molecule has 3 atom stereocenters. The molecule has 0 saturated heterocycles. The normalized spacial score (nSPS) is 20.7. The number of aliphatic carboxylic acids is 1. The number of benzene rings is 1. The highest BCUT2D eigenvalue weighted by Crippen LogP contribution is 2.37. The first kappa shape index (κ1) is 21.7. The molecule has 0 unspecified atom stereocenters. The molecular formula is C24H28N2O4. The van der Waals surface area contributed by atoms with Crippen LogP contribution in [-0.4, -0.2) is 31.5 Å². The molecule has 30 heavy (non-hydrogen) atoms. The Morgan fingerprint density at radius 1 is 1.37 bits per heavy atom. The fourth-order valence-electron chi connectivity index (χ4n) is 3.98. The van der Waals surface area contributed by atoms with E-state index in [0.29, 0.717) is 31.5 Å². The zero-order chi connectivity index (χ0) is 21.7. The maximum absolute atomic E-state index is 12.4. The number of ketones is 1. The molecule has 6 nitrogen and oxygen atoms in total. The van der Waals surface area contributed by atoms with E-state index < -0.39 is 12.1 Å². The van der Waals surface area contributed by atoms with Crippen LogP contribution < -0.4 is 0 Å². The van der Waals surface area contributed by atoms with Crippen LogP contribution in [0, 0.1) is 11.8 Å². The molecule has 158 valence electrons. The van der Waals surface area contributed by atoms with Crippen LogP contribution in [0.15, 0.2) is 60.7 Å². The molecule has 0 bridgehead atoms. The molecule has 1 heterocycles. The van der Waals surface area contributed by atoms with Gasteiger partial charge in [-0.3, -0.25) is 9.59 Å². The van der Waals surface area contributed by atoms with Crippen molar-refractivity contribution in [3.05, 3.63) is 66.5 Å². The van der Waals surface area contributed by atoms with Crippen LogP contribution in [0.3, 0.4) is 0 Å². The van der Waals surface area contributed by atoms with Crippen molar-refractivity contribution in [3.63, 3.8) is 0 Å². The van der Waals surface area contributed by atoms with Crippen molar-refractivity contribution < 1.29 is 19.8 Å². The summed E-state index contributed by atoms with van der Waals surface area (Å²) >= 11 is 0. The molecule has 2 N–H and O–H groups in total. The molecule has 3 rings (SSSR count). The molecule has 0 amide bonds. The second-order valence-corrected chi connectivity index (χ2v) is 7.77. The monoisotopic (exact) mass is 408 g/mol. The lowest BCUT2D eigenvalue weighted by atomic mass is 9.89. The number of allylic oxidation sites excluding steroid dienone is 4. The van der Waals surface area contributed by atoms with Crippen molar-refractivity contribution in [3.8, 4) is 0 Å². The highest BCUT2D eigenvalue weighted by atomic mass is 16.4. The highest BCUT2D eigenvalue weighted by Gasteiger charge is 2.35. The summed E-state index contributed by atoms with van der Waals surface area (Å²) in [7, 11) is 1.87. The lowest BCUT2D eigenvalue weighted by molar-refractivity contribution is -0.137.